The molecule has 0 spiro atoms. The third-order valence-corrected chi connectivity index (χ3v) is 8.33. The normalized spacial score (nSPS) is 30.2. The zero-order valence-corrected chi connectivity index (χ0v) is 17.8. The van der Waals surface area contributed by atoms with Crippen LogP contribution in [0.1, 0.15) is 65.7 Å². The lowest BCUT2D eigenvalue weighted by molar-refractivity contribution is -0.147. The first kappa shape index (κ1) is 20.0. The van der Waals surface area contributed by atoms with E-state index in [-0.39, 0.29) is 24.0 Å². The molecule has 1 aromatic rings. The maximum atomic E-state index is 13.4. The third kappa shape index (κ3) is 3.34. The number of nitrogens with one attached hydrogen (secondary N) is 1. The van der Waals surface area contributed by atoms with E-state index < -0.39 is 17.8 Å². The Hall–Kier alpha value is -1.93. The molecule has 0 saturated carbocycles. The first-order chi connectivity index (χ1) is 14.5. The molecule has 3 aliphatic heterocycles. The molecule has 2 amide bonds. The van der Waals surface area contributed by atoms with Crippen molar-refractivity contribution < 1.29 is 24.2 Å². The fourth-order valence-corrected chi connectivity index (χ4v) is 6.94. The zero-order valence-electron chi connectivity index (χ0n) is 17.0. The molecule has 0 radical (unpaired) electrons. The number of carbonyl (C=O) groups excluding carboxylic acids is 2. The Balaban J connectivity index is 1.44. The Bertz CT molecular complexity index is 875. The van der Waals surface area contributed by atoms with Crippen LogP contribution in [0.5, 0.6) is 0 Å². The first-order valence-corrected chi connectivity index (χ1v) is 12.0. The minimum absolute atomic E-state index is 0.0170. The second-order valence-electron chi connectivity index (χ2n) is 8.94. The second kappa shape index (κ2) is 7.96. The van der Waals surface area contributed by atoms with Crippen molar-refractivity contribution >= 4 is 34.1 Å². The fraction of sp³-hybridized carbons (Fsp3) is 0.682. The zero-order chi connectivity index (χ0) is 20.8. The Kier molecular flexibility index (Phi) is 5.31. The summed E-state index contributed by atoms with van der Waals surface area (Å²) in [5.41, 5.74) is 1.75. The van der Waals surface area contributed by atoms with Gasteiger partial charge >= 0.3 is 5.97 Å². The lowest BCUT2D eigenvalue weighted by Gasteiger charge is -2.28. The van der Waals surface area contributed by atoms with E-state index >= 15 is 0 Å². The van der Waals surface area contributed by atoms with Gasteiger partial charge in [-0.15, -0.1) is 11.3 Å². The number of carboxylic acid groups (broad SMARTS) is 1. The number of aliphatic carboxylic acids is 1. The number of carbonyl (C=O) groups is 3. The van der Waals surface area contributed by atoms with E-state index in [1.807, 2.05) is 4.90 Å². The molecule has 1 aliphatic carbocycles. The Morgan fingerprint density at radius 3 is 2.40 bits per heavy atom. The van der Waals surface area contributed by atoms with Crippen LogP contribution in [0, 0.1) is 11.8 Å². The highest BCUT2D eigenvalue weighted by Crippen LogP contribution is 2.45. The lowest BCUT2D eigenvalue weighted by atomic mass is 9.78. The summed E-state index contributed by atoms with van der Waals surface area (Å²) in [6, 6.07) is 0. The molecule has 4 aliphatic rings. The second-order valence-corrected chi connectivity index (χ2v) is 10.0. The van der Waals surface area contributed by atoms with Gasteiger partial charge in [0.15, 0.2) is 0 Å². The number of anilines is 1. The number of piperidine rings is 1. The van der Waals surface area contributed by atoms with Crippen molar-refractivity contribution in [2.24, 2.45) is 11.8 Å². The van der Waals surface area contributed by atoms with E-state index in [2.05, 4.69) is 5.32 Å². The number of aryl methyl sites for hydroxylation is 1. The SMILES string of the molecule is O=C(Nc1sc2c(c1C(=O)N1CCCCC1)CCCC2)[C@@H]1[C@H](C(=O)O)[C@@H]2CC[C@H]1O2. The van der Waals surface area contributed by atoms with Crippen LogP contribution in [-0.4, -0.2) is 53.1 Å². The average molecular weight is 433 g/mol. The highest BCUT2D eigenvalue weighted by molar-refractivity contribution is 7.17. The first-order valence-electron chi connectivity index (χ1n) is 11.2. The number of likely N-dealkylation sites (tertiary alicyclic amines) is 1. The molecule has 7 nitrogen and oxygen atoms in total. The number of ether oxygens (including phenoxy) is 1. The van der Waals surface area contributed by atoms with Crippen molar-refractivity contribution in [1.29, 1.82) is 0 Å². The largest absolute Gasteiger partial charge is 0.481 e. The minimum atomic E-state index is -0.975. The molecule has 1 aromatic heterocycles. The summed E-state index contributed by atoms with van der Waals surface area (Å²) >= 11 is 1.50. The van der Waals surface area contributed by atoms with Crippen LogP contribution >= 0.6 is 11.3 Å². The average Bonchev–Trinajstić information content (AvgIpc) is 3.46. The Morgan fingerprint density at radius 1 is 0.967 bits per heavy atom. The number of thiophene rings is 1. The van der Waals surface area contributed by atoms with E-state index in [0.29, 0.717) is 23.4 Å². The molecule has 3 fully saturated rings. The number of rotatable bonds is 4. The number of carboxylic acids is 1. The van der Waals surface area contributed by atoms with E-state index in [1.54, 1.807) is 0 Å². The van der Waals surface area contributed by atoms with Gasteiger partial charge in [0, 0.05) is 18.0 Å². The maximum absolute atomic E-state index is 13.4. The molecule has 5 rings (SSSR count). The van der Waals surface area contributed by atoms with E-state index in [9.17, 15) is 19.5 Å². The van der Waals surface area contributed by atoms with Crippen LogP contribution in [0.25, 0.3) is 0 Å². The van der Waals surface area contributed by atoms with Gasteiger partial charge in [0.25, 0.3) is 5.91 Å². The summed E-state index contributed by atoms with van der Waals surface area (Å²) in [6.07, 6.45) is 7.82. The highest BCUT2D eigenvalue weighted by atomic mass is 32.1. The van der Waals surface area contributed by atoms with Crippen molar-refractivity contribution in [2.75, 3.05) is 18.4 Å². The molecule has 2 bridgehead atoms. The number of amides is 2. The molecule has 4 heterocycles. The maximum Gasteiger partial charge on any atom is 0.310 e. The van der Waals surface area contributed by atoms with Crippen molar-refractivity contribution in [2.45, 2.75) is 70.0 Å². The van der Waals surface area contributed by atoms with Crippen LogP contribution in [0.3, 0.4) is 0 Å². The summed E-state index contributed by atoms with van der Waals surface area (Å²) in [5.74, 6) is -2.78. The van der Waals surface area contributed by atoms with Gasteiger partial charge in [0.1, 0.15) is 5.00 Å². The Labute approximate surface area is 179 Å². The smallest absolute Gasteiger partial charge is 0.310 e. The molecular formula is C22H28N2O5S. The van der Waals surface area contributed by atoms with Crippen LogP contribution in [-0.2, 0) is 27.2 Å². The molecule has 0 aromatic carbocycles. The van der Waals surface area contributed by atoms with Crippen LogP contribution in [0.4, 0.5) is 5.00 Å². The van der Waals surface area contributed by atoms with Gasteiger partial charge in [-0.3, -0.25) is 14.4 Å². The topological polar surface area (TPSA) is 95.9 Å². The van der Waals surface area contributed by atoms with Crippen LogP contribution in [0.2, 0.25) is 0 Å². The van der Waals surface area contributed by atoms with E-state index in [1.165, 1.54) is 16.2 Å². The van der Waals surface area contributed by atoms with Crippen molar-refractivity contribution in [3.8, 4) is 0 Å². The van der Waals surface area contributed by atoms with Gasteiger partial charge in [-0.1, -0.05) is 0 Å². The fourth-order valence-electron chi connectivity index (χ4n) is 5.66. The molecule has 3 saturated heterocycles. The number of nitrogens with zero attached hydrogens (tertiary/aromatic N) is 1. The summed E-state index contributed by atoms with van der Waals surface area (Å²) in [5, 5.41) is 13.2. The van der Waals surface area contributed by atoms with Crippen molar-refractivity contribution in [3.63, 3.8) is 0 Å². The molecular weight excluding hydrogens is 404 g/mol. The summed E-state index contributed by atoms with van der Waals surface area (Å²) in [4.78, 5) is 41.5. The summed E-state index contributed by atoms with van der Waals surface area (Å²) in [6.45, 7) is 1.52. The molecule has 30 heavy (non-hydrogen) atoms. The summed E-state index contributed by atoms with van der Waals surface area (Å²) in [7, 11) is 0. The Morgan fingerprint density at radius 2 is 1.67 bits per heavy atom. The van der Waals surface area contributed by atoms with Crippen molar-refractivity contribution in [1.82, 2.24) is 4.90 Å². The number of hydrogen-bond donors (Lipinski definition) is 2. The van der Waals surface area contributed by atoms with Crippen LogP contribution in [0.15, 0.2) is 0 Å². The van der Waals surface area contributed by atoms with Gasteiger partial charge in [-0.25, -0.2) is 0 Å². The van der Waals surface area contributed by atoms with E-state index in [4.69, 9.17) is 4.74 Å². The third-order valence-electron chi connectivity index (χ3n) is 7.13. The lowest BCUT2D eigenvalue weighted by Crippen LogP contribution is -2.41. The van der Waals surface area contributed by atoms with E-state index in [0.717, 1.165) is 63.6 Å². The molecule has 0 unspecified atom stereocenters. The van der Waals surface area contributed by atoms with Gasteiger partial charge in [0.05, 0.1) is 29.6 Å². The highest BCUT2D eigenvalue weighted by Gasteiger charge is 2.55. The van der Waals surface area contributed by atoms with Gasteiger partial charge in [-0.05, 0) is 63.4 Å². The molecule has 4 atom stereocenters. The van der Waals surface area contributed by atoms with Gasteiger partial charge in [-0.2, -0.15) is 0 Å². The quantitative estimate of drug-likeness (QED) is 0.762. The number of hydrogen-bond acceptors (Lipinski definition) is 5. The molecule has 8 heteroatoms. The number of fused-ring (bicyclic) bond motifs is 3. The predicted octanol–water partition coefficient (Wildman–Crippen LogP) is 3.07. The molecule has 162 valence electrons. The van der Waals surface area contributed by atoms with Crippen molar-refractivity contribution in [3.05, 3.63) is 16.0 Å². The monoisotopic (exact) mass is 432 g/mol. The standard InChI is InChI=1S/C22H28N2O5S/c25-19(17-13-8-9-14(29-13)18(17)22(27)28)23-20-16(12-6-2-3-7-15(12)30-20)21(26)24-10-4-1-5-11-24/h13-14,17-18H,1-11H2,(H,23,25)(H,27,28)/t13-,14+,17+,18-/m1/s1. The van der Waals surface area contributed by atoms with Crippen LogP contribution < -0.4 is 5.32 Å². The molecule has 2 N–H and O–H groups in total. The van der Waals surface area contributed by atoms with Gasteiger partial charge in [0.2, 0.25) is 5.91 Å². The van der Waals surface area contributed by atoms with Gasteiger partial charge < -0.3 is 20.1 Å². The summed E-state index contributed by atoms with van der Waals surface area (Å²) < 4.78 is 5.76. The predicted molar refractivity (Wildman–Crippen MR) is 112 cm³/mol. The minimum Gasteiger partial charge on any atom is -0.481 e.